The molecule has 2 aromatic carbocycles. The molecule has 0 atom stereocenters. The van der Waals surface area contributed by atoms with Crippen LogP contribution in [0.15, 0.2) is 46.9 Å². The van der Waals surface area contributed by atoms with Crippen LogP contribution < -0.4 is 5.73 Å². The van der Waals surface area contributed by atoms with E-state index in [9.17, 15) is 9.18 Å². The van der Waals surface area contributed by atoms with Crippen LogP contribution >= 0.6 is 15.9 Å². The van der Waals surface area contributed by atoms with E-state index in [2.05, 4.69) is 15.9 Å². The molecule has 0 heterocycles. The summed E-state index contributed by atoms with van der Waals surface area (Å²) in [5.74, 6) is -0.797. The molecule has 0 spiro atoms. The van der Waals surface area contributed by atoms with Gasteiger partial charge in [-0.3, -0.25) is 0 Å². The second-order valence-electron chi connectivity index (χ2n) is 3.95. The monoisotopic (exact) mass is 323 g/mol. The van der Waals surface area contributed by atoms with Gasteiger partial charge in [-0.25, -0.2) is 9.18 Å². The van der Waals surface area contributed by atoms with Crippen molar-refractivity contribution in [2.45, 2.75) is 6.61 Å². The van der Waals surface area contributed by atoms with Gasteiger partial charge >= 0.3 is 5.97 Å². The number of nitrogens with two attached hydrogens (primary N) is 1. The highest BCUT2D eigenvalue weighted by Gasteiger charge is 2.08. The van der Waals surface area contributed by atoms with Gasteiger partial charge in [0.05, 0.1) is 10.0 Å². The standard InChI is InChI=1S/C14H11BrFNO2/c15-12-7-9(1-6-13(12)16)8-19-14(18)10-2-4-11(17)5-3-10/h1-7H,8,17H2. The molecule has 5 heteroatoms. The van der Waals surface area contributed by atoms with E-state index < -0.39 is 5.97 Å². The minimum atomic E-state index is -0.444. The zero-order valence-corrected chi connectivity index (χ0v) is 11.5. The van der Waals surface area contributed by atoms with Crippen molar-refractivity contribution in [2.75, 3.05) is 5.73 Å². The molecule has 0 radical (unpaired) electrons. The second-order valence-corrected chi connectivity index (χ2v) is 4.80. The van der Waals surface area contributed by atoms with Gasteiger partial charge in [0.1, 0.15) is 12.4 Å². The van der Waals surface area contributed by atoms with E-state index >= 15 is 0 Å². The zero-order chi connectivity index (χ0) is 13.8. The van der Waals surface area contributed by atoms with Gasteiger partial charge in [0.15, 0.2) is 0 Å². The number of halogens is 2. The average molecular weight is 324 g/mol. The highest BCUT2D eigenvalue weighted by molar-refractivity contribution is 9.10. The summed E-state index contributed by atoms with van der Waals surface area (Å²) in [5.41, 5.74) is 7.24. The van der Waals surface area contributed by atoms with Crippen molar-refractivity contribution in [3.63, 3.8) is 0 Å². The van der Waals surface area contributed by atoms with Gasteiger partial charge < -0.3 is 10.5 Å². The van der Waals surface area contributed by atoms with E-state index in [4.69, 9.17) is 10.5 Å². The van der Waals surface area contributed by atoms with Crippen LogP contribution in [0.5, 0.6) is 0 Å². The molecule has 0 aliphatic heterocycles. The highest BCUT2D eigenvalue weighted by Crippen LogP contribution is 2.17. The van der Waals surface area contributed by atoms with Gasteiger partial charge in [-0.05, 0) is 57.9 Å². The summed E-state index contributed by atoms with van der Waals surface area (Å²) < 4.78 is 18.5. The molecule has 0 bridgehead atoms. The third-order valence-corrected chi connectivity index (χ3v) is 3.11. The van der Waals surface area contributed by atoms with Crippen molar-refractivity contribution >= 4 is 27.6 Å². The molecular weight excluding hydrogens is 313 g/mol. The predicted octanol–water partition coefficient (Wildman–Crippen LogP) is 3.53. The van der Waals surface area contributed by atoms with E-state index in [1.54, 1.807) is 36.4 Å². The first-order chi connectivity index (χ1) is 9.06. The number of carbonyl (C=O) groups excluding carboxylic acids is 1. The van der Waals surface area contributed by atoms with Crippen LogP contribution in [-0.2, 0) is 11.3 Å². The predicted molar refractivity (Wildman–Crippen MR) is 74.1 cm³/mol. The number of nitrogen functional groups attached to an aromatic ring is 1. The maximum Gasteiger partial charge on any atom is 0.338 e. The molecule has 0 saturated carbocycles. The van der Waals surface area contributed by atoms with Crippen LogP contribution in [0.4, 0.5) is 10.1 Å². The fraction of sp³-hybridized carbons (Fsp3) is 0.0714. The highest BCUT2D eigenvalue weighted by atomic mass is 79.9. The smallest absolute Gasteiger partial charge is 0.338 e. The Bertz CT molecular complexity index is 599. The summed E-state index contributed by atoms with van der Waals surface area (Å²) in [5, 5.41) is 0. The molecule has 2 N–H and O–H groups in total. The van der Waals surface area contributed by atoms with Crippen LogP contribution in [0.2, 0.25) is 0 Å². The summed E-state index contributed by atoms with van der Waals surface area (Å²) in [4.78, 5) is 11.7. The summed E-state index contributed by atoms with van der Waals surface area (Å²) in [6, 6.07) is 10.9. The lowest BCUT2D eigenvalue weighted by atomic mass is 10.2. The largest absolute Gasteiger partial charge is 0.457 e. The van der Waals surface area contributed by atoms with Crippen LogP contribution in [0.25, 0.3) is 0 Å². The fourth-order valence-corrected chi connectivity index (χ4v) is 1.91. The first-order valence-electron chi connectivity index (χ1n) is 5.53. The van der Waals surface area contributed by atoms with Gasteiger partial charge in [-0.1, -0.05) is 6.07 Å². The first-order valence-corrected chi connectivity index (χ1v) is 6.32. The molecule has 19 heavy (non-hydrogen) atoms. The minimum absolute atomic E-state index is 0.0854. The lowest BCUT2D eigenvalue weighted by Gasteiger charge is -2.06. The number of anilines is 1. The van der Waals surface area contributed by atoms with Crippen LogP contribution in [-0.4, -0.2) is 5.97 Å². The van der Waals surface area contributed by atoms with Gasteiger partial charge in [-0.2, -0.15) is 0 Å². The van der Waals surface area contributed by atoms with Crippen molar-refractivity contribution < 1.29 is 13.9 Å². The van der Waals surface area contributed by atoms with Crippen molar-refractivity contribution in [3.05, 3.63) is 63.9 Å². The minimum Gasteiger partial charge on any atom is -0.457 e. The normalized spacial score (nSPS) is 10.2. The van der Waals surface area contributed by atoms with Crippen molar-refractivity contribution in [1.82, 2.24) is 0 Å². The van der Waals surface area contributed by atoms with Gasteiger partial charge in [0.25, 0.3) is 0 Å². The Morgan fingerprint density at radius 1 is 1.21 bits per heavy atom. The van der Waals surface area contributed by atoms with E-state index in [-0.39, 0.29) is 12.4 Å². The van der Waals surface area contributed by atoms with Gasteiger partial charge in [0.2, 0.25) is 0 Å². The van der Waals surface area contributed by atoms with Gasteiger partial charge in [0, 0.05) is 5.69 Å². The van der Waals surface area contributed by atoms with Crippen LogP contribution in [0.1, 0.15) is 15.9 Å². The molecule has 0 aliphatic carbocycles. The number of benzene rings is 2. The molecule has 0 aliphatic rings. The number of hydrogen-bond acceptors (Lipinski definition) is 3. The maximum atomic E-state index is 13.0. The first kappa shape index (κ1) is 13.5. The Morgan fingerprint density at radius 2 is 1.89 bits per heavy atom. The fourth-order valence-electron chi connectivity index (χ4n) is 1.48. The molecule has 98 valence electrons. The maximum absolute atomic E-state index is 13.0. The SMILES string of the molecule is Nc1ccc(C(=O)OCc2ccc(F)c(Br)c2)cc1. The lowest BCUT2D eigenvalue weighted by molar-refractivity contribution is 0.0472. The number of carbonyl (C=O) groups is 1. The lowest BCUT2D eigenvalue weighted by Crippen LogP contribution is -2.05. The Labute approximate surface area is 118 Å². The number of hydrogen-bond donors (Lipinski definition) is 1. The van der Waals surface area contributed by atoms with Crippen molar-refractivity contribution in [2.24, 2.45) is 0 Å². The molecular formula is C14H11BrFNO2. The van der Waals surface area contributed by atoms with Crippen molar-refractivity contribution in [3.8, 4) is 0 Å². The van der Waals surface area contributed by atoms with Crippen LogP contribution in [0, 0.1) is 5.82 Å². The second kappa shape index (κ2) is 5.84. The summed E-state index contributed by atoms with van der Waals surface area (Å²) in [6.45, 7) is 0.0854. The van der Waals surface area contributed by atoms with Crippen LogP contribution in [0.3, 0.4) is 0 Å². The Kier molecular flexibility index (Phi) is 4.16. The summed E-state index contributed by atoms with van der Waals surface area (Å²) >= 11 is 3.08. The van der Waals surface area contributed by atoms with E-state index in [1.165, 1.54) is 6.07 Å². The molecule has 2 aromatic rings. The number of ether oxygens (including phenoxy) is 1. The van der Waals surface area contributed by atoms with E-state index in [1.807, 2.05) is 0 Å². The molecule has 0 fully saturated rings. The zero-order valence-electron chi connectivity index (χ0n) is 9.90. The quantitative estimate of drug-likeness (QED) is 0.694. The average Bonchev–Trinajstić information content (AvgIpc) is 2.40. The molecule has 0 unspecified atom stereocenters. The molecule has 0 saturated heterocycles. The molecule has 0 aromatic heterocycles. The van der Waals surface area contributed by atoms with Gasteiger partial charge in [-0.15, -0.1) is 0 Å². The third-order valence-electron chi connectivity index (χ3n) is 2.50. The Morgan fingerprint density at radius 3 is 2.53 bits per heavy atom. The van der Waals surface area contributed by atoms with Crippen molar-refractivity contribution in [1.29, 1.82) is 0 Å². The Hall–Kier alpha value is -1.88. The summed E-state index contributed by atoms with van der Waals surface area (Å²) in [7, 11) is 0. The topological polar surface area (TPSA) is 52.3 Å². The number of rotatable bonds is 3. The Balaban J connectivity index is 2.00. The van der Waals surface area contributed by atoms with E-state index in [0.29, 0.717) is 21.3 Å². The van der Waals surface area contributed by atoms with E-state index in [0.717, 1.165) is 0 Å². The number of esters is 1. The molecule has 3 nitrogen and oxygen atoms in total. The molecule has 2 rings (SSSR count). The summed E-state index contributed by atoms with van der Waals surface area (Å²) in [6.07, 6.45) is 0. The third kappa shape index (κ3) is 3.54. The molecule has 0 amide bonds.